The molecule has 3 aromatic carbocycles. The number of thioether (sulfide) groups is 1. The maximum Gasteiger partial charge on any atom is 0.229 e. The fourth-order valence-corrected chi connectivity index (χ4v) is 8.35. The molecular weight excluding hydrogens is 611 g/mol. The molecular formula is C35H38Cl2N4O2S. The van der Waals surface area contributed by atoms with Crippen LogP contribution in [0.25, 0.3) is 10.9 Å². The summed E-state index contributed by atoms with van der Waals surface area (Å²) < 4.78 is 1.00. The number of amides is 1. The van der Waals surface area contributed by atoms with Gasteiger partial charge in [0.1, 0.15) is 4.75 Å². The number of carbonyl (C=O) groups is 2. The predicted molar refractivity (Wildman–Crippen MR) is 182 cm³/mol. The molecule has 4 aromatic rings. The van der Waals surface area contributed by atoms with Crippen molar-refractivity contribution in [2.75, 3.05) is 44.7 Å². The van der Waals surface area contributed by atoms with Crippen molar-refractivity contribution in [3.8, 4) is 0 Å². The third kappa shape index (κ3) is 6.18. The van der Waals surface area contributed by atoms with Gasteiger partial charge in [-0.2, -0.15) is 0 Å². The van der Waals surface area contributed by atoms with Crippen molar-refractivity contribution in [3.05, 3.63) is 94.1 Å². The predicted octanol–water partition coefficient (Wildman–Crippen LogP) is 7.40. The lowest BCUT2D eigenvalue weighted by atomic mass is 9.86. The smallest absolute Gasteiger partial charge is 0.229 e. The summed E-state index contributed by atoms with van der Waals surface area (Å²) in [6, 6.07) is 20.9. The van der Waals surface area contributed by atoms with Crippen LogP contribution in [0, 0.1) is 6.92 Å². The largest absolute Gasteiger partial charge is 0.350 e. The highest BCUT2D eigenvalue weighted by Gasteiger charge is 2.58. The van der Waals surface area contributed by atoms with Crippen molar-refractivity contribution in [2.24, 2.45) is 7.05 Å². The van der Waals surface area contributed by atoms with Gasteiger partial charge in [-0.3, -0.25) is 9.59 Å². The van der Waals surface area contributed by atoms with Crippen molar-refractivity contribution in [1.82, 2.24) is 14.4 Å². The Morgan fingerprint density at radius 2 is 1.61 bits per heavy atom. The first-order valence-electron chi connectivity index (χ1n) is 15.2. The minimum Gasteiger partial charge on any atom is -0.350 e. The molecule has 2 unspecified atom stereocenters. The highest BCUT2D eigenvalue weighted by molar-refractivity contribution is 8.01. The maximum atomic E-state index is 14.8. The molecule has 2 atom stereocenters. The Hall–Kier alpha value is -2.81. The average Bonchev–Trinajstić information content (AvgIpc) is 3.48. The summed E-state index contributed by atoms with van der Waals surface area (Å²) in [7, 11) is 4.13. The lowest BCUT2D eigenvalue weighted by Gasteiger charge is -2.37. The van der Waals surface area contributed by atoms with Gasteiger partial charge in [0.25, 0.3) is 0 Å². The quantitative estimate of drug-likeness (QED) is 0.189. The van der Waals surface area contributed by atoms with Crippen LogP contribution >= 0.6 is 35.0 Å². The second-order valence-electron chi connectivity index (χ2n) is 12.2. The van der Waals surface area contributed by atoms with Gasteiger partial charge in [-0.25, -0.2) is 0 Å². The van der Waals surface area contributed by atoms with Gasteiger partial charge >= 0.3 is 0 Å². The lowest BCUT2D eigenvalue weighted by molar-refractivity contribution is -0.123. The monoisotopic (exact) mass is 648 g/mol. The molecule has 0 bridgehead atoms. The van der Waals surface area contributed by atoms with Gasteiger partial charge in [-0.05, 0) is 75.5 Å². The van der Waals surface area contributed by atoms with Crippen LogP contribution in [0.4, 0.5) is 5.69 Å². The molecule has 0 saturated carbocycles. The van der Waals surface area contributed by atoms with E-state index in [1.54, 1.807) is 12.1 Å². The molecule has 3 heterocycles. The van der Waals surface area contributed by atoms with Gasteiger partial charge in [0, 0.05) is 82.9 Å². The van der Waals surface area contributed by atoms with Crippen LogP contribution in [0.1, 0.15) is 36.4 Å². The van der Waals surface area contributed by atoms with Gasteiger partial charge < -0.3 is 19.3 Å². The molecule has 2 aliphatic heterocycles. The van der Waals surface area contributed by atoms with E-state index in [2.05, 4.69) is 54.2 Å². The van der Waals surface area contributed by atoms with Gasteiger partial charge in [-0.1, -0.05) is 47.0 Å². The zero-order valence-corrected chi connectivity index (χ0v) is 27.8. The van der Waals surface area contributed by atoms with Crippen LogP contribution in [0.3, 0.4) is 0 Å². The van der Waals surface area contributed by atoms with Crippen molar-refractivity contribution in [2.45, 2.75) is 41.9 Å². The van der Waals surface area contributed by atoms with Crippen molar-refractivity contribution < 1.29 is 9.59 Å². The Morgan fingerprint density at radius 1 is 0.932 bits per heavy atom. The summed E-state index contributed by atoms with van der Waals surface area (Å²) in [5, 5.41) is 2.22. The number of nitrogens with zero attached hydrogens (tertiary/aromatic N) is 4. The molecule has 9 heteroatoms. The number of rotatable bonds is 9. The minimum absolute atomic E-state index is 0.0738. The Kier molecular flexibility index (Phi) is 9.14. The second kappa shape index (κ2) is 12.9. The van der Waals surface area contributed by atoms with Crippen molar-refractivity contribution in [1.29, 1.82) is 0 Å². The summed E-state index contributed by atoms with van der Waals surface area (Å²) >= 11 is 14.2. The number of halogens is 2. The maximum absolute atomic E-state index is 14.8. The summed E-state index contributed by atoms with van der Waals surface area (Å²) in [6.45, 7) is 7.03. The molecule has 0 aliphatic carbocycles. The number of likely N-dealkylation sites (N-methyl/N-ethyl adjacent to an activating group) is 1. The number of piperazine rings is 1. The summed E-state index contributed by atoms with van der Waals surface area (Å²) in [5.41, 5.74) is 3.77. The summed E-state index contributed by atoms with van der Waals surface area (Å²) in [4.78, 5) is 36.6. The SMILES string of the molecule is Cc1ccc(SC2(C(=O)CCCN3CCN(C)CC3)CC(=O)N(c3ccc(Cl)cc3)C2c2cn(C)c3cc(Cl)ccc23)cc1. The molecule has 0 N–H and O–H groups in total. The van der Waals surface area contributed by atoms with Gasteiger partial charge in [0.15, 0.2) is 5.78 Å². The molecule has 44 heavy (non-hydrogen) atoms. The van der Waals surface area contributed by atoms with E-state index in [0.29, 0.717) is 16.5 Å². The highest BCUT2D eigenvalue weighted by atomic mass is 35.5. The lowest BCUT2D eigenvalue weighted by Crippen LogP contribution is -2.45. The first-order valence-corrected chi connectivity index (χ1v) is 16.7. The number of aromatic nitrogens is 1. The zero-order valence-electron chi connectivity index (χ0n) is 25.4. The van der Waals surface area contributed by atoms with E-state index < -0.39 is 10.8 Å². The van der Waals surface area contributed by atoms with E-state index in [9.17, 15) is 9.59 Å². The second-order valence-corrected chi connectivity index (χ2v) is 14.4. The Bertz CT molecular complexity index is 1660. The molecule has 1 amide bonds. The first kappa shape index (κ1) is 31.2. The van der Waals surface area contributed by atoms with E-state index in [1.807, 2.05) is 46.8 Å². The minimum atomic E-state index is -1.04. The molecule has 6 nitrogen and oxygen atoms in total. The number of aryl methyl sites for hydroxylation is 2. The number of Topliss-reactive ketones (excluding diaryl/α,β-unsaturated/α-hetero) is 1. The third-order valence-corrected chi connectivity index (χ3v) is 11.0. The third-order valence-electron chi connectivity index (χ3n) is 9.03. The molecule has 230 valence electrons. The Morgan fingerprint density at radius 3 is 2.32 bits per heavy atom. The molecule has 6 rings (SSSR count). The van der Waals surface area contributed by atoms with Crippen LogP contribution in [0.15, 0.2) is 77.8 Å². The average molecular weight is 650 g/mol. The first-order chi connectivity index (χ1) is 21.1. The standard InChI is InChI=1S/C35H38Cl2N4O2S/c1-24-6-13-28(14-7-24)44-35(32(42)5-4-16-40-19-17-38(2)18-20-40)22-33(43)41(27-11-8-25(36)9-12-27)34(35)30-23-39(3)31-21-26(37)10-15-29(30)31/h6-15,21,23,34H,4-5,16-20,22H2,1-3H3. The van der Waals surface area contributed by atoms with Crippen molar-refractivity contribution in [3.63, 3.8) is 0 Å². The van der Waals surface area contributed by atoms with E-state index in [0.717, 1.165) is 71.8 Å². The molecule has 0 spiro atoms. The Labute approximate surface area is 273 Å². The van der Waals surface area contributed by atoms with E-state index >= 15 is 0 Å². The van der Waals surface area contributed by atoms with Crippen LogP contribution < -0.4 is 4.90 Å². The van der Waals surface area contributed by atoms with Crippen LogP contribution in [0.2, 0.25) is 10.0 Å². The van der Waals surface area contributed by atoms with E-state index in [-0.39, 0.29) is 18.1 Å². The zero-order chi connectivity index (χ0) is 31.0. The van der Waals surface area contributed by atoms with E-state index in [4.69, 9.17) is 23.2 Å². The number of hydrogen-bond donors (Lipinski definition) is 0. The molecule has 2 fully saturated rings. The van der Waals surface area contributed by atoms with Crippen LogP contribution in [-0.4, -0.2) is 70.6 Å². The number of ketones is 1. The molecule has 1 aromatic heterocycles. The Balaban J connectivity index is 1.46. The van der Waals surface area contributed by atoms with Gasteiger partial charge in [-0.15, -0.1) is 11.8 Å². The number of fused-ring (bicyclic) bond motifs is 1. The molecule has 2 saturated heterocycles. The topological polar surface area (TPSA) is 48.8 Å². The normalized spacial score (nSPS) is 21.4. The number of benzene rings is 3. The number of anilines is 1. The molecule has 0 radical (unpaired) electrons. The van der Waals surface area contributed by atoms with Gasteiger partial charge in [0.05, 0.1) is 12.5 Å². The van der Waals surface area contributed by atoms with Crippen LogP contribution in [-0.2, 0) is 16.6 Å². The fourth-order valence-electron chi connectivity index (χ4n) is 6.61. The number of hydrogen-bond acceptors (Lipinski definition) is 5. The van der Waals surface area contributed by atoms with Crippen LogP contribution in [0.5, 0.6) is 0 Å². The summed E-state index contributed by atoms with van der Waals surface area (Å²) in [6.07, 6.45) is 3.33. The number of carbonyl (C=O) groups excluding carboxylic acids is 2. The highest BCUT2D eigenvalue weighted by Crippen LogP contribution is 2.56. The molecule has 2 aliphatic rings. The fraction of sp³-hybridized carbons (Fsp3) is 0.371. The summed E-state index contributed by atoms with van der Waals surface area (Å²) in [5.74, 6) is 0.0355. The van der Waals surface area contributed by atoms with Gasteiger partial charge in [0.2, 0.25) is 5.91 Å². The van der Waals surface area contributed by atoms with E-state index in [1.165, 1.54) is 11.8 Å². The van der Waals surface area contributed by atoms with Crippen molar-refractivity contribution >= 4 is 63.2 Å².